The summed E-state index contributed by atoms with van der Waals surface area (Å²) < 4.78 is 11.9. The third-order valence-corrected chi connectivity index (χ3v) is 5.08. The maximum absolute atomic E-state index is 13.1. The van der Waals surface area contributed by atoms with Crippen LogP contribution in [-0.2, 0) is 16.1 Å². The van der Waals surface area contributed by atoms with Crippen molar-refractivity contribution in [3.63, 3.8) is 0 Å². The van der Waals surface area contributed by atoms with Gasteiger partial charge in [0.25, 0.3) is 11.5 Å². The van der Waals surface area contributed by atoms with Crippen LogP contribution in [-0.4, -0.2) is 42.3 Å². The minimum Gasteiger partial charge on any atom is -0.484 e. The number of hydrogen-bond acceptors (Lipinski definition) is 6. The molecule has 0 saturated heterocycles. The molecule has 0 saturated carbocycles. The fourth-order valence-corrected chi connectivity index (χ4v) is 3.35. The molecule has 9 nitrogen and oxygen atoms in total. The number of nitrogen functional groups attached to an aromatic ring is 1. The molecular weight excluding hydrogens is 424 g/mol. The normalized spacial score (nSPS) is 10.7. The first-order chi connectivity index (χ1) is 15.9. The smallest absolute Gasteiger partial charge is 0.330 e. The number of anilines is 2. The summed E-state index contributed by atoms with van der Waals surface area (Å²) >= 11 is 0. The van der Waals surface area contributed by atoms with Crippen molar-refractivity contribution in [3.05, 3.63) is 86.6 Å². The van der Waals surface area contributed by atoms with E-state index >= 15 is 0 Å². The number of methoxy groups -OCH3 is 1. The predicted molar refractivity (Wildman–Crippen MR) is 127 cm³/mol. The molecule has 0 bridgehead atoms. The Balaban J connectivity index is 1.92. The van der Waals surface area contributed by atoms with E-state index in [0.717, 1.165) is 11.1 Å². The lowest BCUT2D eigenvalue weighted by Crippen LogP contribution is -2.43. The number of benzene rings is 2. The molecule has 1 aromatic heterocycles. The van der Waals surface area contributed by atoms with Crippen LogP contribution in [0.25, 0.3) is 0 Å². The highest BCUT2D eigenvalue weighted by Gasteiger charge is 2.24. The molecule has 0 unspecified atom stereocenters. The molecule has 3 rings (SSSR count). The molecule has 33 heavy (non-hydrogen) atoms. The van der Waals surface area contributed by atoms with E-state index in [1.807, 2.05) is 49.4 Å². The van der Waals surface area contributed by atoms with Crippen LogP contribution in [0.2, 0.25) is 0 Å². The van der Waals surface area contributed by atoms with Crippen molar-refractivity contribution >= 4 is 17.4 Å². The summed E-state index contributed by atoms with van der Waals surface area (Å²) in [5.74, 6) is -0.0239. The molecule has 3 N–H and O–H groups in total. The Kier molecular flexibility index (Phi) is 8.04. The number of nitrogens with two attached hydrogens (primary N) is 1. The monoisotopic (exact) mass is 452 g/mol. The second kappa shape index (κ2) is 11.1. The van der Waals surface area contributed by atoms with Gasteiger partial charge in [0, 0.05) is 20.3 Å². The number of carbonyl (C=O) groups is 1. The van der Waals surface area contributed by atoms with E-state index in [0.29, 0.717) is 18.8 Å². The van der Waals surface area contributed by atoms with Crippen LogP contribution in [0.1, 0.15) is 17.5 Å². The molecule has 0 spiro atoms. The van der Waals surface area contributed by atoms with E-state index in [1.54, 1.807) is 19.2 Å². The summed E-state index contributed by atoms with van der Waals surface area (Å²) in [4.78, 5) is 41.9. The maximum atomic E-state index is 13.1. The van der Waals surface area contributed by atoms with Crippen molar-refractivity contribution in [1.82, 2.24) is 9.55 Å². The Labute approximate surface area is 191 Å². The highest BCUT2D eigenvalue weighted by Crippen LogP contribution is 2.19. The van der Waals surface area contributed by atoms with Gasteiger partial charge in [0.15, 0.2) is 12.3 Å². The predicted octanol–water partition coefficient (Wildman–Crippen LogP) is 1.92. The van der Waals surface area contributed by atoms with E-state index < -0.39 is 17.2 Å². The van der Waals surface area contributed by atoms with Gasteiger partial charge in [-0.2, -0.15) is 0 Å². The molecule has 0 aliphatic carbocycles. The van der Waals surface area contributed by atoms with Crippen LogP contribution in [0.4, 0.5) is 11.5 Å². The van der Waals surface area contributed by atoms with Gasteiger partial charge in [-0.15, -0.1) is 0 Å². The molecule has 0 aliphatic heterocycles. The summed E-state index contributed by atoms with van der Waals surface area (Å²) in [5.41, 5.74) is 6.70. The van der Waals surface area contributed by atoms with Crippen molar-refractivity contribution in [2.45, 2.75) is 19.9 Å². The summed E-state index contributed by atoms with van der Waals surface area (Å²) in [5, 5.41) is 0. The third-order valence-electron chi connectivity index (χ3n) is 5.08. The van der Waals surface area contributed by atoms with Crippen LogP contribution in [0.15, 0.2) is 64.2 Å². The summed E-state index contributed by atoms with van der Waals surface area (Å²) in [7, 11) is 1.55. The number of aromatic nitrogens is 2. The minimum atomic E-state index is -0.733. The molecule has 1 heterocycles. The fourth-order valence-electron chi connectivity index (χ4n) is 3.35. The van der Waals surface area contributed by atoms with E-state index in [9.17, 15) is 14.4 Å². The van der Waals surface area contributed by atoms with Gasteiger partial charge >= 0.3 is 5.69 Å². The Morgan fingerprint density at radius 3 is 2.45 bits per heavy atom. The van der Waals surface area contributed by atoms with Crippen molar-refractivity contribution < 1.29 is 14.3 Å². The number of carbonyl (C=O) groups excluding carboxylic acids is 1. The Morgan fingerprint density at radius 2 is 1.79 bits per heavy atom. The van der Waals surface area contributed by atoms with Crippen molar-refractivity contribution in [2.75, 3.05) is 37.5 Å². The van der Waals surface area contributed by atoms with E-state index in [-0.39, 0.29) is 31.2 Å². The molecule has 3 aromatic rings. The second-order valence-corrected chi connectivity index (χ2v) is 7.56. The van der Waals surface area contributed by atoms with Crippen LogP contribution < -0.4 is 26.6 Å². The minimum absolute atomic E-state index is 0.0841. The number of aromatic amines is 1. The van der Waals surface area contributed by atoms with Crippen LogP contribution in [0, 0.1) is 6.92 Å². The van der Waals surface area contributed by atoms with Gasteiger partial charge in [-0.1, -0.05) is 48.0 Å². The van der Waals surface area contributed by atoms with Gasteiger partial charge in [-0.25, -0.2) is 4.79 Å². The quantitative estimate of drug-likeness (QED) is 0.454. The van der Waals surface area contributed by atoms with Gasteiger partial charge in [-0.05, 0) is 31.0 Å². The Bertz CT molecular complexity index is 1190. The highest BCUT2D eigenvalue weighted by molar-refractivity contribution is 5.96. The summed E-state index contributed by atoms with van der Waals surface area (Å²) in [6, 6.07) is 16.5. The molecule has 0 radical (unpaired) electrons. The summed E-state index contributed by atoms with van der Waals surface area (Å²) in [6.45, 7) is 2.35. The molecule has 9 heteroatoms. The highest BCUT2D eigenvalue weighted by atomic mass is 16.5. The standard InChI is InChI=1S/C24H28N4O5/c1-17-9-11-19(12-10-17)33-16-20(29)27(13-6-14-32-2)21-22(25)28(24(31)26-23(21)30)15-18-7-4-3-5-8-18/h3-5,7-12H,6,13-16,25H2,1-2H3,(H,26,30,31). The zero-order valence-electron chi connectivity index (χ0n) is 18.7. The van der Waals surface area contributed by atoms with E-state index in [1.165, 1.54) is 9.47 Å². The zero-order chi connectivity index (χ0) is 23.8. The average molecular weight is 453 g/mol. The molecule has 2 aromatic carbocycles. The van der Waals surface area contributed by atoms with Crippen molar-refractivity contribution in [1.29, 1.82) is 0 Å². The van der Waals surface area contributed by atoms with Gasteiger partial charge in [-0.3, -0.25) is 19.1 Å². The van der Waals surface area contributed by atoms with Gasteiger partial charge in [0.2, 0.25) is 0 Å². The van der Waals surface area contributed by atoms with Crippen LogP contribution >= 0.6 is 0 Å². The molecular formula is C24H28N4O5. The largest absolute Gasteiger partial charge is 0.484 e. The molecule has 0 aliphatic rings. The number of rotatable bonds is 10. The SMILES string of the molecule is COCCCN(C(=O)COc1ccc(C)cc1)c1c(N)n(Cc2ccccc2)c(=O)[nH]c1=O. The van der Waals surface area contributed by atoms with Crippen molar-refractivity contribution in [3.8, 4) is 5.75 Å². The fraction of sp³-hybridized carbons (Fsp3) is 0.292. The van der Waals surface area contributed by atoms with E-state index in [4.69, 9.17) is 15.2 Å². The number of amides is 1. The first kappa shape index (κ1) is 23.8. The third kappa shape index (κ3) is 6.11. The van der Waals surface area contributed by atoms with E-state index in [2.05, 4.69) is 4.98 Å². The van der Waals surface area contributed by atoms with Gasteiger partial charge in [0.1, 0.15) is 11.6 Å². The number of nitrogens with zero attached hydrogens (tertiary/aromatic N) is 2. The number of nitrogens with one attached hydrogen (secondary N) is 1. The van der Waals surface area contributed by atoms with Crippen LogP contribution in [0.3, 0.4) is 0 Å². The Morgan fingerprint density at radius 1 is 1.09 bits per heavy atom. The maximum Gasteiger partial charge on any atom is 0.330 e. The van der Waals surface area contributed by atoms with Gasteiger partial charge in [0.05, 0.1) is 6.54 Å². The number of ether oxygens (including phenoxy) is 2. The lowest BCUT2D eigenvalue weighted by Gasteiger charge is -2.24. The molecule has 0 fully saturated rings. The van der Waals surface area contributed by atoms with Crippen molar-refractivity contribution in [2.24, 2.45) is 0 Å². The van der Waals surface area contributed by atoms with Crippen LogP contribution in [0.5, 0.6) is 5.75 Å². The lowest BCUT2D eigenvalue weighted by molar-refractivity contribution is -0.120. The lowest BCUT2D eigenvalue weighted by atomic mass is 10.2. The Hall–Kier alpha value is -3.85. The average Bonchev–Trinajstić information content (AvgIpc) is 2.81. The first-order valence-corrected chi connectivity index (χ1v) is 10.6. The first-order valence-electron chi connectivity index (χ1n) is 10.6. The second-order valence-electron chi connectivity index (χ2n) is 7.56. The number of aryl methyl sites for hydroxylation is 1. The zero-order valence-corrected chi connectivity index (χ0v) is 18.7. The molecule has 0 atom stereocenters. The molecule has 174 valence electrons. The summed E-state index contributed by atoms with van der Waals surface area (Å²) in [6.07, 6.45) is 0.462. The number of H-pyrrole nitrogens is 1. The van der Waals surface area contributed by atoms with Gasteiger partial charge < -0.3 is 20.1 Å². The molecule has 1 amide bonds. The number of hydrogen-bond donors (Lipinski definition) is 2. The topological polar surface area (TPSA) is 120 Å².